The van der Waals surface area contributed by atoms with Gasteiger partial charge in [-0.1, -0.05) is 23.8 Å². The van der Waals surface area contributed by atoms with E-state index >= 15 is 0 Å². The van der Waals surface area contributed by atoms with Crippen molar-refractivity contribution in [3.8, 4) is 0 Å². The van der Waals surface area contributed by atoms with Gasteiger partial charge in [0.15, 0.2) is 0 Å². The minimum atomic E-state index is 0.524. The summed E-state index contributed by atoms with van der Waals surface area (Å²) in [6.07, 6.45) is 6.88. The summed E-state index contributed by atoms with van der Waals surface area (Å²) in [6, 6.07) is 3.72. The Balaban J connectivity index is 2.36. The van der Waals surface area contributed by atoms with Crippen LogP contribution in [-0.4, -0.2) is 11.5 Å². The minimum absolute atomic E-state index is 0.524. The molecule has 0 unspecified atom stereocenters. The predicted octanol–water partition coefficient (Wildman–Crippen LogP) is 3.11. The maximum Gasteiger partial charge on any atom is 0.131 e. The van der Waals surface area contributed by atoms with Gasteiger partial charge in [0.2, 0.25) is 0 Å². The Hall–Kier alpha value is -1.02. The minimum Gasteiger partial charge on any atom is -0.385 e. The summed E-state index contributed by atoms with van der Waals surface area (Å²) < 4.78 is 0. The van der Waals surface area contributed by atoms with E-state index in [0.29, 0.717) is 5.15 Å². The summed E-state index contributed by atoms with van der Waals surface area (Å²) in [5.41, 5.74) is 1.02. The maximum absolute atomic E-state index is 5.72. The lowest BCUT2D eigenvalue weighted by Gasteiger charge is -2.03. The van der Waals surface area contributed by atoms with Crippen molar-refractivity contribution in [2.75, 3.05) is 11.9 Å². The quantitative estimate of drug-likeness (QED) is 0.455. The van der Waals surface area contributed by atoms with Crippen LogP contribution in [0.2, 0.25) is 5.15 Å². The van der Waals surface area contributed by atoms with Gasteiger partial charge in [0.05, 0.1) is 0 Å². The maximum atomic E-state index is 5.72. The monoisotopic (exact) mass is 196 g/mol. The van der Waals surface area contributed by atoms with Gasteiger partial charge in [-0.2, -0.15) is 0 Å². The van der Waals surface area contributed by atoms with Crippen LogP contribution in [0, 0.1) is 0 Å². The van der Waals surface area contributed by atoms with E-state index < -0.39 is 0 Å². The second-order valence-electron chi connectivity index (χ2n) is 2.65. The largest absolute Gasteiger partial charge is 0.385 e. The smallest absolute Gasteiger partial charge is 0.131 e. The second kappa shape index (κ2) is 5.60. The molecule has 1 N–H and O–H groups in total. The average Bonchev–Trinajstić information content (AvgIpc) is 2.13. The van der Waals surface area contributed by atoms with Crippen molar-refractivity contribution >= 4 is 17.3 Å². The summed E-state index contributed by atoms with van der Waals surface area (Å²) in [5.74, 6) is 0. The Morgan fingerprint density at radius 3 is 3.15 bits per heavy atom. The van der Waals surface area contributed by atoms with Gasteiger partial charge in [-0.05, 0) is 25.5 Å². The molecule has 0 saturated heterocycles. The zero-order chi connectivity index (χ0) is 9.52. The third kappa shape index (κ3) is 3.95. The van der Waals surface area contributed by atoms with E-state index in [1.54, 1.807) is 6.20 Å². The molecule has 1 rings (SSSR count). The van der Waals surface area contributed by atoms with Crippen molar-refractivity contribution in [1.29, 1.82) is 0 Å². The summed E-state index contributed by atoms with van der Waals surface area (Å²) >= 11 is 5.72. The highest BCUT2D eigenvalue weighted by Crippen LogP contribution is 2.11. The lowest BCUT2D eigenvalue weighted by Crippen LogP contribution is -1.99. The van der Waals surface area contributed by atoms with E-state index in [1.807, 2.05) is 25.1 Å². The highest BCUT2D eigenvalue weighted by Gasteiger charge is 1.91. The molecule has 1 aromatic rings. The highest BCUT2D eigenvalue weighted by molar-refractivity contribution is 6.29. The molecular weight excluding hydrogens is 184 g/mol. The van der Waals surface area contributed by atoms with Crippen LogP contribution in [0.25, 0.3) is 0 Å². The molecule has 70 valence electrons. The van der Waals surface area contributed by atoms with Crippen molar-refractivity contribution in [2.45, 2.75) is 13.3 Å². The average molecular weight is 197 g/mol. The molecule has 13 heavy (non-hydrogen) atoms. The number of nitrogens with zero attached hydrogens (tertiary/aromatic N) is 1. The van der Waals surface area contributed by atoms with Crippen LogP contribution < -0.4 is 5.32 Å². The van der Waals surface area contributed by atoms with Crippen molar-refractivity contribution < 1.29 is 0 Å². The fraction of sp³-hybridized carbons (Fsp3) is 0.300. The first-order valence-corrected chi connectivity index (χ1v) is 4.67. The van der Waals surface area contributed by atoms with Crippen LogP contribution in [0.3, 0.4) is 0 Å². The van der Waals surface area contributed by atoms with Gasteiger partial charge in [0.1, 0.15) is 5.15 Å². The Morgan fingerprint density at radius 2 is 2.46 bits per heavy atom. The number of pyridine rings is 1. The van der Waals surface area contributed by atoms with E-state index in [1.165, 1.54) is 0 Å². The molecule has 3 heteroatoms. The predicted molar refractivity (Wildman–Crippen MR) is 57.2 cm³/mol. The molecule has 0 aliphatic carbocycles. The topological polar surface area (TPSA) is 24.9 Å². The second-order valence-corrected chi connectivity index (χ2v) is 3.04. The Kier molecular flexibility index (Phi) is 4.33. The van der Waals surface area contributed by atoms with Crippen molar-refractivity contribution in [3.05, 3.63) is 35.6 Å². The number of aromatic nitrogens is 1. The van der Waals surface area contributed by atoms with Gasteiger partial charge >= 0.3 is 0 Å². The highest BCUT2D eigenvalue weighted by atomic mass is 35.5. The number of hydrogen-bond donors (Lipinski definition) is 1. The molecule has 1 heterocycles. The van der Waals surface area contributed by atoms with Gasteiger partial charge in [0.25, 0.3) is 0 Å². The molecule has 0 aliphatic rings. The van der Waals surface area contributed by atoms with Gasteiger partial charge in [-0.3, -0.25) is 0 Å². The summed E-state index contributed by atoms with van der Waals surface area (Å²) in [6.45, 7) is 2.94. The molecule has 0 fully saturated rings. The zero-order valence-corrected chi connectivity index (χ0v) is 8.38. The van der Waals surface area contributed by atoms with Crippen molar-refractivity contribution in [2.24, 2.45) is 0 Å². The van der Waals surface area contributed by atoms with Crippen LogP contribution in [0.5, 0.6) is 0 Å². The number of nitrogens with one attached hydrogen (secondary N) is 1. The van der Waals surface area contributed by atoms with Crippen LogP contribution in [0.1, 0.15) is 13.3 Å². The first-order valence-electron chi connectivity index (χ1n) is 4.29. The van der Waals surface area contributed by atoms with Gasteiger partial charge < -0.3 is 5.32 Å². The Labute approximate surface area is 83.6 Å². The molecule has 0 bridgehead atoms. The molecule has 0 aromatic carbocycles. The van der Waals surface area contributed by atoms with E-state index in [9.17, 15) is 0 Å². The zero-order valence-electron chi connectivity index (χ0n) is 7.63. The number of allylic oxidation sites excluding steroid dienone is 1. The number of hydrogen-bond acceptors (Lipinski definition) is 2. The van der Waals surface area contributed by atoms with Gasteiger partial charge in [0, 0.05) is 18.4 Å². The van der Waals surface area contributed by atoms with Crippen molar-refractivity contribution in [1.82, 2.24) is 4.98 Å². The first-order chi connectivity index (χ1) is 6.33. The fourth-order valence-electron chi connectivity index (χ4n) is 0.979. The summed E-state index contributed by atoms with van der Waals surface area (Å²) in [5, 5.41) is 3.77. The van der Waals surface area contributed by atoms with E-state index in [0.717, 1.165) is 18.7 Å². The third-order valence-electron chi connectivity index (χ3n) is 1.60. The number of anilines is 1. The van der Waals surface area contributed by atoms with Gasteiger partial charge in [-0.15, -0.1) is 0 Å². The van der Waals surface area contributed by atoms with E-state index in [-0.39, 0.29) is 0 Å². The number of halogens is 1. The molecule has 1 aromatic heterocycles. The van der Waals surface area contributed by atoms with Crippen molar-refractivity contribution in [3.63, 3.8) is 0 Å². The molecule has 0 radical (unpaired) electrons. The summed E-state index contributed by atoms with van der Waals surface area (Å²) in [7, 11) is 0. The number of rotatable bonds is 4. The molecule has 0 amide bonds. The lowest BCUT2D eigenvalue weighted by molar-refractivity contribution is 1.06. The third-order valence-corrected chi connectivity index (χ3v) is 1.81. The first kappa shape index (κ1) is 10.1. The standard InChI is InChI=1S/C10H13ClN2/c1-2-3-4-6-12-9-5-7-13-10(11)8-9/h2-3,5,7-8H,4,6H2,1H3,(H,12,13)/b3-2+. The fourth-order valence-corrected chi connectivity index (χ4v) is 1.15. The lowest BCUT2D eigenvalue weighted by atomic mass is 10.3. The van der Waals surface area contributed by atoms with Crippen LogP contribution in [0.15, 0.2) is 30.5 Å². The molecular formula is C10H13ClN2. The van der Waals surface area contributed by atoms with Crippen LogP contribution in [0.4, 0.5) is 5.69 Å². The Bertz CT molecular complexity index is 284. The molecule has 0 atom stereocenters. The van der Waals surface area contributed by atoms with Gasteiger partial charge in [-0.25, -0.2) is 4.98 Å². The molecule has 0 aliphatic heterocycles. The normalized spacial score (nSPS) is 10.6. The van der Waals surface area contributed by atoms with Crippen LogP contribution >= 0.6 is 11.6 Å². The molecule has 2 nitrogen and oxygen atoms in total. The van der Waals surface area contributed by atoms with E-state index in [2.05, 4.69) is 16.4 Å². The van der Waals surface area contributed by atoms with Crippen LogP contribution in [-0.2, 0) is 0 Å². The molecule has 0 saturated carbocycles. The summed E-state index contributed by atoms with van der Waals surface area (Å²) in [4.78, 5) is 3.90. The SMILES string of the molecule is C/C=C/CCNc1ccnc(Cl)c1. The van der Waals surface area contributed by atoms with E-state index in [4.69, 9.17) is 11.6 Å². The Morgan fingerprint density at radius 1 is 1.62 bits per heavy atom. The molecule has 0 spiro atoms.